The second kappa shape index (κ2) is 7.86. The van der Waals surface area contributed by atoms with Crippen molar-refractivity contribution in [2.45, 2.75) is 69.4 Å². The van der Waals surface area contributed by atoms with Crippen molar-refractivity contribution in [3.05, 3.63) is 56.1 Å². The summed E-state index contributed by atoms with van der Waals surface area (Å²) in [5.74, 6) is -1.74. The number of hydrogen-bond acceptors (Lipinski definition) is 8. The van der Waals surface area contributed by atoms with E-state index < -0.39 is 40.5 Å². The van der Waals surface area contributed by atoms with Crippen molar-refractivity contribution in [1.29, 1.82) is 0 Å². The Hall–Kier alpha value is -3.83. The molecule has 1 amide bonds. The largest absolute Gasteiger partial charge is 0.493 e. The van der Waals surface area contributed by atoms with E-state index in [1.807, 2.05) is 0 Å². The highest BCUT2D eigenvalue weighted by atomic mass is 19.1. The summed E-state index contributed by atoms with van der Waals surface area (Å²) < 4.78 is 27.2. The van der Waals surface area contributed by atoms with Gasteiger partial charge in [-0.3, -0.25) is 9.59 Å². The molecule has 7 rings (SSSR count). The molecule has 1 saturated carbocycles. The third-order valence-electron chi connectivity index (χ3n) is 8.71. The maximum atomic E-state index is 15.1. The molecule has 1 fully saturated rings. The fraction of sp³-hybridized carbons (Fsp3) is 0.429. The summed E-state index contributed by atoms with van der Waals surface area (Å²) in [6, 6.07) is 2.36. The first kappa shape index (κ1) is 24.2. The van der Waals surface area contributed by atoms with E-state index in [2.05, 4.69) is 5.32 Å². The molecule has 4 aliphatic rings. The number of carbonyl (C=O) groups excluding carboxylic acids is 2. The fourth-order valence-corrected chi connectivity index (χ4v) is 6.37. The van der Waals surface area contributed by atoms with Crippen LogP contribution in [0.4, 0.5) is 4.39 Å². The van der Waals surface area contributed by atoms with Gasteiger partial charge in [0, 0.05) is 28.1 Å². The van der Waals surface area contributed by atoms with Crippen LogP contribution in [0.2, 0.25) is 0 Å². The van der Waals surface area contributed by atoms with Gasteiger partial charge in [0.15, 0.2) is 17.2 Å². The minimum atomic E-state index is -1.97. The van der Waals surface area contributed by atoms with E-state index in [0.29, 0.717) is 64.7 Å². The van der Waals surface area contributed by atoms with E-state index in [-0.39, 0.29) is 36.4 Å². The van der Waals surface area contributed by atoms with Crippen molar-refractivity contribution in [2.75, 3.05) is 7.11 Å². The maximum Gasteiger partial charge on any atom is 0.343 e. The Balaban J connectivity index is 1.49. The van der Waals surface area contributed by atoms with Gasteiger partial charge in [-0.1, -0.05) is 6.92 Å². The molecule has 0 bridgehead atoms. The average Bonchev–Trinajstić information content (AvgIpc) is 3.57. The van der Waals surface area contributed by atoms with Crippen LogP contribution in [-0.4, -0.2) is 44.4 Å². The van der Waals surface area contributed by atoms with Gasteiger partial charge in [-0.05, 0) is 43.7 Å². The lowest BCUT2D eigenvalue weighted by atomic mass is 9.82. The predicted octanol–water partition coefficient (Wildman–Crippen LogP) is 1.86. The third-order valence-corrected chi connectivity index (χ3v) is 8.71. The molecule has 39 heavy (non-hydrogen) atoms. The Labute approximate surface area is 221 Å². The molecule has 11 heteroatoms. The number of halogens is 1. The average molecular weight is 536 g/mol. The number of aromatic nitrogens is 2. The number of esters is 1. The number of cyclic esters (lactones) is 1. The first-order valence-electron chi connectivity index (χ1n) is 13.0. The highest BCUT2D eigenvalue weighted by Gasteiger charge is 2.49. The summed E-state index contributed by atoms with van der Waals surface area (Å²) in [5, 5.41) is 25.2. The number of methoxy groups -OCH3 is 1. The van der Waals surface area contributed by atoms with Gasteiger partial charge in [-0.25, -0.2) is 14.2 Å². The van der Waals surface area contributed by atoms with Gasteiger partial charge in [0.2, 0.25) is 0 Å². The van der Waals surface area contributed by atoms with Crippen LogP contribution >= 0.6 is 0 Å². The molecular weight excluding hydrogens is 509 g/mol. The maximum absolute atomic E-state index is 15.1. The van der Waals surface area contributed by atoms with Gasteiger partial charge in [-0.2, -0.15) is 0 Å². The van der Waals surface area contributed by atoms with Gasteiger partial charge < -0.3 is 29.6 Å². The lowest BCUT2D eigenvalue weighted by Gasteiger charge is -2.31. The number of pyridine rings is 2. The summed E-state index contributed by atoms with van der Waals surface area (Å²) in [6.07, 6.45) is 1.63. The van der Waals surface area contributed by atoms with Crippen molar-refractivity contribution in [2.24, 2.45) is 0 Å². The minimum absolute atomic E-state index is 0.0103. The number of ether oxygens (including phenoxy) is 2. The number of benzene rings is 1. The van der Waals surface area contributed by atoms with Gasteiger partial charge in [0.25, 0.3) is 11.5 Å². The van der Waals surface area contributed by atoms with Crippen LogP contribution in [0.5, 0.6) is 5.75 Å². The number of carbonyl (C=O) groups is 2. The van der Waals surface area contributed by atoms with Crippen LogP contribution in [0.3, 0.4) is 0 Å². The van der Waals surface area contributed by atoms with Crippen molar-refractivity contribution in [1.82, 2.24) is 14.9 Å². The molecule has 0 saturated heterocycles. The van der Waals surface area contributed by atoms with Gasteiger partial charge in [0.1, 0.15) is 12.2 Å². The zero-order valence-electron chi connectivity index (χ0n) is 21.4. The molecule has 2 aliphatic carbocycles. The smallest absolute Gasteiger partial charge is 0.343 e. The highest BCUT2D eigenvalue weighted by molar-refractivity contribution is 5.95. The van der Waals surface area contributed by atoms with Crippen molar-refractivity contribution >= 4 is 22.8 Å². The Bertz CT molecular complexity index is 1710. The first-order valence-corrected chi connectivity index (χ1v) is 13.0. The van der Waals surface area contributed by atoms with Crippen molar-refractivity contribution in [3.8, 4) is 17.1 Å². The highest BCUT2D eigenvalue weighted by Crippen LogP contribution is 2.48. The summed E-state index contributed by atoms with van der Waals surface area (Å²) >= 11 is 0. The quantitative estimate of drug-likeness (QED) is 0.337. The van der Waals surface area contributed by atoms with E-state index in [1.165, 1.54) is 17.7 Å². The van der Waals surface area contributed by atoms with Crippen LogP contribution in [0.25, 0.3) is 22.3 Å². The molecule has 0 spiro atoms. The molecular formula is C28H26FN3O7. The molecule has 3 N–H and O–H groups in total. The Morgan fingerprint density at radius 1 is 1.26 bits per heavy atom. The van der Waals surface area contributed by atoms with Crippen LogP contribution in [-0.2, 0) is 39.5 Å². The molecule has 3 aromatic rings. The number of nitrogens with one attached hydrogen (secondary N) is 1. The van der Waals surface area contributed by atoms with Gasteiger partial charge in [-0.15, -0.1) is 0 Å². The molecule has 4 heterocycles. The first-order chi connectivity index (χ1) is 18.6. The van der Waals surface area contributed by atoms with E-state index in [1.54, 1.807) is 13.0 Å². The molecule has 1 unspecified atom stereocenters. The SMILES string of the molecule is CC[C@@]1(O)C(=O)OCc2c1cc1n(c2=O)Cc2c-1nc1cc(F)c(OC)c3c1c2C(NC(=O)C1(O)CC1)CC3. The molecule has 2 atom stereocenters. The van der Waals surface area contributed by atoms with Gasteiger partial charge >= 0.3 is 5.97 Å². The summed E-state index contributed by atoms with van der Waals surface area (Å²) in [6.45, 7) is 1.51. The Morgan fingerprint density at radius 3 is 2.72 bits per heavy atom. The number of amides is 1. The minimum Gasteiger partial charge on any atom is -0.493 e. The summed E-state index contributed by atoms with van der Waals surface area (Å²) in [7, 11) is 1.40. The predicted molar refractivity (Wildman–Crippen MR) is 134 cm³/mol. The second-order valence-electron chi connectivity index (χ2n) is 10.8. The van der Waals surface area contributed by atoms with Crippen molar-refractivity contribution in [3.63, 3.8) is 0 Å². The van der Waals surface area contributed by atoms with E-state index in [9.17, 15) is 24.6 Å². The normalized spacial score (nSPS) is 23.5. The Morgan fingerprint density at radius 2 is 2.03 bits per heavy atom. The fourth-order valence-electron chi connectivity index (χ4n) is 6.37. The molecule has 2 aromatic heterocycles. The van der Waals surface area contributed by atoms with E-state index in [4.69, 9.17) is 14.5 Å². The standard InChI is InChI=1S/C28H26FN3O7/c1-3-28(37)15-8-19-22-13(10-32(19)24(33)14(15)11-39-26(28)35)21-17(31-25(34)27(36)6-7-27)5-4-12-20(21)18(30-22)9-16(29)23(12)38-2/h8-9,17,36-37H,3-7,10-11H2,1-2H3,(H,31,34)/t17?,28-/m0/s1. The van der Waals surface area contributed by atoms with Crippen molar-refractivity contribution < 1.29 is 33.7 Å². The lowest BCUT2D eigenvalue weighted by Crippen LogP contribution is -2.44. The zero-order valence-corrected chi connectivity index (χ0v) is 21.4. The molecule has 202 valence electrons. The topological polar surface area (TPSA) is 140 Å². The van der Waals surface area contributed by atoms with Crippen LogP contribution in [0.15, 0.2) is 16.9 Å². The van der Waals surface area contributed by atoms with Gasteiger partial charge in [0.05, 0.1) is 42.2 Å². The second-order valence-corrected chi connectivity index (χ2v) is 10.8. The number of aryl methyl sites for hydroxylation is 1. The zero-order chi connectivity index (χ0) is 27.4. The number of fused-ring (bicyclic) bond motifs is 5. The van der Waals surface area contributed by atoms with Crippen LogP contribution in [0.1, 0.15) is 66.5 Å². The molecule has 2 aliphatic heterocycles. The van der Waals surface area contributed by atoms with Crippen LogP contribution in [0, 0.1) is 5.82 Å². The summed E-state index contributed by atoms with van der Waals surface area (Å²) in [5.41, 5.74) is -0.233. The molecule has 0 radical (unpaired) electrons. The lowest BCUT2D eigenvalue weighted by molar-refractivity contribution is -0.172. The number of hydrogen-bond donors (Lipinski definition) is 3. The Kier molecular flexibility index (Phi) is 4.88. The summed E-state index contributed by atoms with van der Waals surface area (Å²) in [4.78, 5) is 43.8. The van der Waals surface area contributed by atoms with E-state index >= 15 is 4.39 Å². The van der Waals surface area contributed by atoms with Crippen LogP contribution < -0.4 is 15.6 Å². The monoisotopic (exact) mass is 535 g/mol. The number of nitrogens with zero attached hydrogens (tertiary/aromatic N) is 2. The molecule has 1 aromatic carbocycles. The third kappa shape index (κ3) is 3.14. The molecule has 10 nitrogen and oxygen atoms in total. The number of rotatable bonds is 4. The van der Waals surface area contributed by atoms with E-state index in [0.717, 1.165) is 0 Å². The number of aliphatic hydroxyl groups is 2.